The van der Waals surface area contributed by atoms with Crippen LogP contribution in [0.2, 0.25) is 0 Å². The highest BCUT2D eigenvalue weighted by molar-refractivity contribution is 7.90. The van der Waals surface area contributed by atoms with Crippen LogP contribution in [0.1, 0.15) is 19.4 Å². The van der Waals surface area contributed by atoms with Crippen LogP contribution >= 0.6 is 0 Å². The Morgan fingerprint density at radius 1 is 1.24 bits per heavy atom. The Kier molecular flexibility index (Phi) is 3.59. The third kappa shape index (κ3) is 2.83. The lowest BCUT2D eigenvalue weighted by Gasteiger charge is -2.22. The van der Waals surface area contributed by atoms with Crippen molar-refractivity contribution in [3.8, 4) is 0 Å². The first-order chi connectivity index (χ1) is 7.69. The van der Waals surface area contributed by atoms with E-state index in [4.69, 9.17) is 5.84 Å². The number of hydrazine groups is 1. The summed E-state index contributed by atoms with van der Waals surface area (Å²) in [6.45, 7) is 3.43. The van der Waals surface area contributed by atoms with Crippen LogP contribution in [-0.2, 0) is 20.0 Å². The molecule has 0 atom stereocenters. The number of carbonyl (C=O) groups is 1. The van der Waals surface area contributed by atoms with Gasteiger partial charge in [-0.1, -0.05) is 12.1 Å². The zero-order valence-corrected chi connectivity index (χ0v) is 10.8. The Labute approximate surface area is 101 Å². The van der Waals surface area contributed by atoms with Crippen molar-refractivity contribution in [2.75, 3.05) is 6.26 Å². The van der Waals surface area contributed by atoms with Crippen molar-refractivity contribution in [1.29, 1.82) is 0 Å². The molecule has 0 saturated heterocycles. The monoisotopic (exact) mass is 256 g/mol. The molecule has 1 aromatic rings. The van der Waals surface area contributed by atoms with E-state index in [-0.39, 0.29) is 10.8 Å². The maximum Gasteiger partial charge on any atom is 0.243 e. The van der Waals surface area contributed by atoms with Gasteiger partial charge in [-0.2, -0.15) is 0 Å². The molecule has 1 amide bonds. The van der Waals surface area contributed by atoms with E-state index in [1.807, 2.05) is 0 Å². The van der Waals surface area contributed by atoms with Crippen molar-refractivity contribution in [2.45, 2.75) is 24.2 Å². The molecule has 0 bridgehead atoms. The second-order valence-electron chi connectivity index (χ2n) is 4.40. The molecule has 0 aliphatic rings. The number of hydrogen-bond donors (Lipinski definition) is 2. The largest absolute Gasteiger partial charge is 0.294 e. The van der Waals surface area contributed by atoms with Gasteiger partial charge in [0.2, 0.25) is 5.91 Å². The van der Waals surface area contributed by atoms with Gasteiger partial charge in [0.05, 0.1) is 10.3 Å². The number of hydrogen-bond acceptors (Lipinski definition) is 4. The van der Waals surface area contributed by atoms with E-state index in [9.17, 15) is 13.2 Å². The van der Waals surface area contributed by atoms with E-state index in [1.54, 1.807) is 26.0 Å². The van der Waals surface area contributed by atoms with E-state index in [2.05, 4.69) is 5.43 Å². The highest BCUT2D eigenvalue weighted by Gasteiger charge is 2.29. The van der Waals surface area contributed by atoms with Crippen LogP contribution in [0.3, 0.4) is 0 Å². The molecular weight excluding hydrogens is 240 g/mol. The van der Waals surface area contributed by atoms with Crippen molar-refractivity contribution in [3.63, 3.8) is 0 Å². The van der Waals surface area contributed by atoms with Gasteiger partial charge >= 0.3 is 0 Å². The number of nitrogens with two attached hydrogens (primary N) is 1. The summed E-state index contributed by atoms with van der Waals surface area (Å²) >= 11 is 0. The van der Waals surface area contributed by atoms with E-state index in [0.29, 0.717) is 5.56 Å². The summed E-state index contributed by atoms with van der Waals surface area (Å²) in [6.07, 6.45) is 1.14. The summed E-state index contributed by atoms with van der Waals surface area (Å²) in [5, 5.41) is 0. The predicted molar refractivity (Wildman–Crippen MR) is 64.9 cm³/mol. The summed E-state index contributed by atoms with van der Waals surface area (Å²) in [5.41, 5.74) is 1.99. The molecule has 0 spiro atoms. The molecular formula is C11H16N2O3S. The molecule has 6 heteroatoms. The third-order valence-electron chi connectivity index (χ3n) is 2.70. The minimum absolute atomic E-state index is 0.227. The number of carbonyl (C=O) groups excluding carboxylic acids is 1. The molecule has 1 aromatic carbocycles. The lowest BCUT2D eigenvalue weighted by molar-refractivity contribution is -0.125. The van der Waals surface area contributed by atoms with Crippen LogP contribution in [0.15, 0.2) is 29.2 Å². The molecule has 5 nitrogen and oxygen atoms in total. The lowest BCUT2D eigenvalue weighted by Crippen LogP contribution is -2.43. The molecule has 0 unspecified atom stereocenters. The summed E-state index contributed by atoms with van der Waals surface area (Å²) in [6, 6.07) is 6.20. The van der Waals surface area contributed by atoms with Crippen LogP contribution in [0, 0.1) is 0 Å². The van der Waals surface area contributed by atoms with E-state index < -0.39 is 15.3 Å². The molecule has 1 rings (SSSR count). The Bertz CT molecular complexity index is 518. The van der Waals surface area contributed by atoms with Gasteiger partial charge in [0.15, 0.2) is 9.84 Å². The number of sulfone groups is 1. The lowest BCUT2D eigenvalue weighted by atomic mass is 9.84. The molecule has 0 saturated carbocycles. The van der Waals surface area contributed by atoms with Crippen molar-refractivity contribution in [2.24, 2.45) is 5.84 Å². The number of amides is 1. The maximum atomic E-state index is 11.6. The minimum Gasteiger partial charge on any atom is -0.294 e. The van der Waals surface area contributed by atoms with Crippen molar-refractivity contribution >= 4 is 15.7 Å². The van der Waals surface area contributed by atoms with Crippen molar-refractivity contribution in [1.82, 2.24) is 5.43 Å². The van der Waals surface area contributed by atoms with Crippen LogP contribution in [0.5, 0.6) is 0 Å². The average molecular weight is 256 g/mol. The first-order valence-corrected chi connectivity index (χ1v) is 6.90. The maximum absolute atomic E-state index is 11.6. The third-order valence-corrected chi connectivity index (χ3v) is 3.83. The summed E-state index contributed by atoms with van der Waals surface area (Å²) in [4.78, 5) is 11.8. The summed E-state index contributed by atoms with van der Waals surface area (Å²) < 4.78 is 22.6. The molecule has 17 heavy (non-hydrogen) atoms. The number of benzene rings is 1. The van der Waals surface area contributed by atoms with Gasteiger partial charge in [0.25, 0.3) is 0 Å². The topological polar surface area (TPSA) is 89.3 Å². The molecule has 0 radical (unpaired) electrons. The fraction of sp³-hybridized carbons (Fsp3) is 0.364. The zero-order valence-electron chi connectivity index (χ0n) is 10.0. The quantitative estimate of drug-likeness (QED) is 0.464. The van der Waals surface area contributed by atoms with E-state index in [1.165, 1.54) is 12.1 Å². The second-order valence-corrected chi connectivity index (χ2v) is 6.41. The van der Waals surface area contributed by atoms with Gasteiger partial charge in [-0.25, -0.2) is 14.3 Å². The Hall–Kier alpha value is -1.40. The van der Waals surface area contributed by atoms with Crippen LogP contribution in [0.4, 0.5) is 0 Å². The SMILES string of the molecule is CC(C)(C(=O)NN)c1ccc(S(C)(=O)=O)cc1. The molecule has 0 aromatic heterocycles. The Balaban J connectivity index is 3.16. The fourth-order valence-corrected chi connectivity index (χ4v) is 2.06. The number of rotatable bonds is 3. The van der Waals surface area contributed by atoms with E-state index >= 15 is 0 Å². The van der Waals surface area contributed by atoms with Gasteiger partial charge in [-0.3, -0.25) is 10.2 Å². The number of nitrogens with one attached hydrogen (secondary N) is 1. The van der Waals surface area contributed by atoms with Gasteiger partial charge in [0, 0.05) is 6.26 Å². The summed E-state index contributed by atoms with van der Waals surface area (Å²) in [7, 11) is -3.22. The van der Waals surface area contributed by atoms with E-state index in [0.717, 1.165) is 6.26 Å². The highest BCUT2D eigenvalue weighted by Crippen LogP contribution is 2.24. The van der Waals surface area contributed by atoms with Gasteiger partial charge in [-0.05, 0) is 31.5 Å². The zero-order chi connectivity index (χ0) is 13.3. The standard InChI is InChI=1S/C11H16N2O3S/c1-11(2,10(14)13-12)8-4-6-9(7-5-8)17(3,15)16/h4-7H,12H2,1-3H3,(H,13,14). The first-order valence-electron chi connectivity index (χ1n) is 5.01. The van der Waals surface area contributed by atoms with Crippen molar-refractivity contribution in [3.05, 3.63) is 29.8 Å². The highest BCUT2D eigenvalue weighted by atomic mass is 32.2. The Morgan fingerprint density at radius 3 is 2.06 bits per heavy atom. The molecule has 0 heterocycles. The summed E-state index contributed by atoms with van der Waals surface area (Å²) in [5.74, 6) is 4.77. The molecule has 0 aliphatic heterocycles. The molecule has 0 aliphatic carbocycles. The first kappa shape index (κ1) is 13.7. The van der Waals surface area contributed by atoms with Gasteiger partial charge in [0.1, 0.15) is 0 Å². The predicted octanol–water partition coefficient (Wildman–Crippen LogP) is 0.358. The fourth-order valence-electron chi connectivity index (χ4n) is 1.43. The molecule has 94 valence electrons. The second kappa shape index (κ2) is 4.46. The normalized spacial score (nSPS) is 12.2. The van der Waals surface area contributed by atoms with Crippen molar-refractivity contribution < 1.29 is 13.2 Å². The van der Waals surface area contributed by atoms with Crippen LogP contribution < -0.4 is 11.3 Å². The Morgan fingerprint density at radius 2 is 1.71 bits per heavy atom. The molecule has 3 N–H and O–H groups in total. The van der Waals surface area contributed by atoms with Gasteiger partial charge < -0.3 is 0 Å². The average Bonchev–Trinajstić information content (AvgIpc) is 2.27. The smallest absolute Gasteiger partial charge is 0.243 e. The molecule has 0 fully saturated rings. The minimum atomic E-state index is -3.22. The van der Waals surface area contributed by atoms with Gasteiger partial charge in [-0.15, -0.1) is 0 Å². The van der Waals surface area contributed by atoms with Crippen LogP contribution in [0.25, 0.3) is 0 Å². The van der Waals surface area contributed by atoms with Crippen LogP contribution in [-0.4, -0.2) is 20.6 Å².